The van der Waals surface area contributed by atoms with Gasteiger partial charge in [-0.05, 0) is 38.1 Å². The summed E-state index contributed by atoms with van der Waals surface area (Å²) in [6.07, 6.45) is 1.69. The van der Waals surface area contributed by atoms with Gasteiger partial charge in [0.1, 0.15) is 11.6 Å². The van der Waals surface area contributed by atoms with Gasteiger partial charge in [0.15, 0.2) is 0 Å². The van der Waals surface area contributed by atoms with E-state index in [-0.39, 0.29) is 0 Å². The van der Waals surface area contributed by atoms with Gasteiger partial charge in [0, 0.05) is 17.3 Å². The highest BCUT2D eigenvalue weighted by Crippen LogP contribution is 2.29. The van der Waals surface area contributed by atoms with Gasteiger partial charge in [0.25, 0.3) is 0 Å². The highest BCUT2D eigenvalue weighted by Gasteiger charge is 2.07. The van der Waals surface area contributed by atoms with Crippen LogP contribution in [0.1, 0.15) is 13.8 Å². The number of nitrogens with one attached hydrogen (secondary N) is 2. The summed E-state index contributed by atoms with van der Waals surface area (Å²) in [7, 11) is 1.60. The van der Waals surface area contributed by atoms with E-state index in [0.29, 0.717) is 22.8 Å². The Bertz CT molecular complexity index is 589. The number of hydrogen-bond acceptors (Lipinski definition) is 5. The zero-order chi connectivity index (χ0) is 14.5. The topological polar surface area (TPSA) is 59.1 Å². The molecule has 5 nitrogen and oxygen atoms in total. The van der Waals surface area contributed by atoms with Crippen LogP contribution < -0.4 is 15.4 Å². The fourth-order valence-corrected chi connectivity index (χ4v) is 1.87. The number of rotatable bonds is 5. The van der Waals surface area contributed by atoms with E-state index in [4.69, 9.17) is 16.3 Å². The van der Waals surface area contributed by atoms with Crippen LogP contribution in [0.3, 0.4) is 0 Å². The fourth-order valence-electron chi connectivity index (χ4n) is 1.69. The molecule has 0 atom stereocenters. The fraction of sp³-hybridized carbons (Fsp3) is 0.286. The summed E-state index contributed by atoms with van der Waals surface area (Å²) in [4.78, 5) is 8.57. The van der Waals surface area contributed by atoms with Crippen LogP contribution in [-0.2, 0) is 0 Å². The zero-order valence-corrected chi connectivity index (χ0v) is 12.4. The van der Waals surface area contributed by atoms with Crippen molar-refractivity contribution in [2.75, 3.05) is 17.7 Å². The van der Waals surface area contributed by atoms with Gasteiger partial charge >= 0.3 is 0 Å². The number of nitrogens with zero attached hydrogens (tertiary/aromatic N) is 2. The van der Waals surface area contributed by atoms with E-state index < -0.39 is 0 Å². The first-order valence-electron chi connectivity index (χ1n) is 6.28. The van der Waals surface area contributed by atoms with Crippen LogP contribution in [0.25, 0.3) is 0 Å². The molecule has 2 aromatic rings. The molecule has 0 fully saturated rings. The maximum atomic E-state index is 5.99. The summed E-state index contributed by atoms with van der Waals surface area (Å²) in [5, 5.41) is 6.94. The lowest BCUT2D eigenvalue weighted by Gasteiger charge is -2.12. The molecule has 106 valence electrons. The molecule has 0 bridgehead atoms. The van der Waals surface area contributed by atoms with E-state index in [1.165, 1.54) is 0 Å². The molecule has 0 unspecified atom stereocenters. The molecular weight excluding hydrogens is 276 g/mol. The molecule has 0 aliphatic heterocycles. The van der Waals surface area contributed by atoms with Crippen LogP contribution in [-0.4, -0.2) is 23.1 Å². The Morgan fingerprint density at radius 2 is 2.05 bits per heavy atom. The zero-order valence-electron chi connectivity index (χ0n) is 11.6. The SMILES string of the molecule is COc1ccc(Cl)cc1Nc1nccc(NC(C)C)n1. The monoisotopic (exact) mass is 292 g/mol. The van der Waals surface area contributed by atoms with Crippen molar-refractivity contribution in [3.63, 3.8) is 0 Å². The first-order chi connectivity index (χ1) is 9.58. The van der Waals surface area contributed by atoms with E-state index in [1.54, 1.807) is 31.5 Å². The molecule has 6 heteroatoms. The minimum Gasteiger partial charge on any atom is -0.495 e. The standard InChI is InChI=1S/C14H17ClN4O/c1-9(2)17-13-6-7-16-14(19-13)18-11-8-10(15)4-5-12(11)20-3/h4-9H,1-3H3,(H2,16,17,18,19). The number of halogens is 1. The lowest BCUT2D eigenvalue weighted by atomic mass is 10.3. The minimum atomic E-state index is 0.304. The molecule has 1 aromatic carbocycles. The normalized spacial score (nSPS) is 10.4. The number of aromatic nitrogens is 2. The molecule has 2 N–H and O–H groups in total. The molecule has 0 saturated heterocycles. The van der Waals surface area contributed by atoms with E-state index in [1.807, 2.05) is 6.07 Å². The Balaban J connectivity index is 2.23. The van der Waals surface area contributed by atoms with Crippen molar-refractivity contribution in [2.24, 2.45) is 0 Å². The van der Waals surface area contributed by atoms with Gasteiger partial charge in [0.05, 0.1) is 12.8 Å². The van der Waals surface area contributed by atoms with Gasteiger partial charge < -0.3 is 15.4 Å². The summed E-state index contributed by atoms with van der Waals surface area (Å²) < 4.78 is 5.28. The van der Waals surface area contributed by atoms with Crippen LogP contribution in [0, 0.1) is 0 Å². The molecular formula is C14H17ClN4O. The third-order valence-corrected chi connectivity index (χ3v) is 2.74. The first-order valence-corrected chi connectivity index (χ1v) is 6.66. The highest BCUT2D eigenvalue weighted by molar-refractivity contribution is 6.30. The van der Waals surface area contributed by atoms with E-state index >= 15 is 0 Å². The predicted octanol–water partition coefficient (Wildman–Crippen LogP) is 3.70. The number of benzene rings is 1. The summed E-state index contributed by atoms with van der Waals surface area (Å²) in [6, 6.07) is 7.45. The minimum absolute atomic E-state index is 0.304. The second-order valence-corrected chi connectivity index (χ2v) is 4.97. The number of anilines is 3. The van der Waals surface area contributed by atoms with Crippen molar-refractivity contribution in [1.29, 1.82) is 0 Å². The van der Waals surface area contributed by atoms with Gasteiger partial charge in [-0.3, -0.25) is 0 Å². The largest absolute Gasteiger partial charge is 0.495 e. The average molecular weight is 293 g/mol. The second kappa shape index (κ2) is 6.43. The van der Waals surface area contributed by atoms with Crippen LogP contribution in [0.5, 0.6) is 5.75 Å². The molecule has 0 radical (unpaired) electrons. The van der Waals surface area contributed by atoms with Gasteiger partial charge in [-0.15, -0.1) is 0 Å². The van der Waals surface area contributed by atoms with Crippen LogP contribution >= 0.6 is 11.6 Å². The summed E-state index contributed by atoms with van der Waals surface area (Å²) in [5.41, 5.74) is 0.724. The lowest BCUT2D eigenvalue weighted by molar-refractivity contribution is 0.417. The Morgan fingerprint density at radius 3 is 2.75 bits per heavy atom. The molecule has 20 heavy (non-hydrogen) atoms. The molecule has 0 aliphatic rings. The number of hydrogen-bond donors (Lipinski definition) is 2. The van der Waals surface area contributed by atoms with Crippen molar-refractivity contribution >= 4 is 29.1 Å². The van der Waals surface area contributed by atoms with Gasteiger partial charge in [-0.1, -0.05) is 11.6 Å². The lowest BCUT2D eigenvalue weighted by Crippen LogP contribution is -2.11. The Labute approximate surface area is 123 Å². The van der Waals surface area contributed by atoms with Crippen LogP contribution in [0.2, 0.25) is 5.02 Å². The molecule has 1 aromatic heterocycles. The number of methoxy groups -OCH3 is 1. The van der Waals surface area contributed by atoms with E-state index in [2.05, 4.69) is 34.4 Å². The summed E-state index contributed by atoms with van der Waals surface area (Å²) in [5.74, 6) is 1.93. The summed E-state index contributed by atoms with van der Waals surface area (Å²) in [6.45, 7) is 4.10. The number of ether oxygens (including phenoxy) is 1. The van der Waals surface area contributed by atoms with Gasteiger partial charge in [-0.2, -0.15) is 4.98 Å². The molecule has 0 amide bonds. The Kier molecular flexibility index (Phi) is 4.63. The second-order valence-electron chi connectivity index (χ2n) is 4.53. The van der Waals surface area contributed by atoms with E-state index in [9.17, 15) is 0 Å². The van der Waals surface area contributed by atoms with Crippen LogP contribution in [0.4, 0.5) is 17.5 Å². The summed E-state index contributed by atoms with van der Waals surface area (Å²) >= 11 is 5.99. The molecule has 0 spiro atoms. The maximum absolute atomic E-state index is 5.99. The quantitative estimate of drug-likeness (QED) is 0.880. The molecule has 0 aliphatic carbocycles. The third-order valence-electron chi connectivity index (χ3n) is 2.50. The maximum Gasteiger partial charge on any atom is 0.229 e. The first kappa shape index (κ1) is 14.4. The van der Waals surface area contributed by atoms with Crippen LogP contribution in [0.15, 0.2) is 30.5 Å². The van der Waals surface area contributed by atoms with Gasteiger partial charge in [-0.25, -0.2) is 4.98 Å². The molecule has 0 saturated carbocycles. The van der Waals surface area contributed by atoms with Crippen molar-refractivity contribution < 1.29 is 4.74 Å². The predicted molar refractivity (Wildman–Crippen MR) is 82.1 cm³/mol. The van der Waals surface area contributed by atoms with Crippen molar-refractivity contribution in [3.05, 3.63) is 35.5 Å². The van der Waals surface area contributed by atoms with Crippen molar-refractivity contribution in [2.45, 2.75) is 19.9 Å². The Hall–Kier alpha value is -2.01. The van der Waals surface area contributed by atoms with Crippen molar-refractivity contribution in [3.8, 4) is 5.75 Å². The smallest absolute Gasteiger partial charge is 0.229 e. The average Bonchev–Trinajstić information content (AvgIpc) is 2.38. The molecule has 2 rings (SSSR count). The third kappa shape index (κ3) is 3.74. The Morgan fingerprint density at radius 1 is 1.25 bits per heavy atom. The highest BCUT2D eigenvalue weighted by atomic mass is 35.5. The van der Waals surface area contributed by atoms with Gasteiger partial charge in [0.2, 0.25) is 5.95 Å². The molecule has 1 heterocycles. The van der Waals surface area contributed by atoms with Crippen molar-refractivity contribution in [1.82, 2.24) is 9.97 Å². The van der Waals surface area contributed by atoms with E-state index in [0.717, 1.165) is 11.5 Å².